The normalized spacial score (nSPS) is 13.7. The summed E-state index contributed by atoms with van der Waals surface area (Å²) in [5.74, 6) is -1.49. The van der Waals surface area contributed by atoms with Crippen LogP contribution in [0.1, 0.15) is 18.9 Å². The third-order valence-electron chi connectivity index (χ3n) is 2.59. The standard InChI is InChI=1S/C13H18N2O3/c1-9(14)12(16)15-11(13(17)18)8-7-10-5-3-2-4-6-10/h2-6,9,11H,7-8,14H2,1H3,(H,15,16)(H,17,18)/t9-,11?/m0/s1. The summed E-state index contributed by atoms with van der Waals surface area (Å²) < 4.78 is 0. The molecule has 5 heteroatoms. The Hall–Kier alpha value is -1.88. The SMILES string of the molecule is C[C@H](N)C(=O)NC(CCc1ccccc1)C(=O)O. The summed E-state index contributed by atoms with van der Waals surface area (Å²) in [6.07, 6.45) is 0.939. The van der Waals surface area contributed by atoms with Gasteiger partial charge in [0.2, 0.25) is 5.91 Å². The van der Waals surface area contributed by atoms with Gasteiger partial charge in [-0.15, -0.1) is 0 Å². The number of nitrogens with one attached hydrogen (secondary N) is 1. The zero-order chi connectivity index (χ0) is 13.5. The van der Waals surface area contributed by atoms with Crippen LogP contribution in [0.25, 0.3) is 0 Å². The van der Waals surface area contributed by atoms with Crippen LogP contribution in [0.2, 0.25) is 0 Å². The molecule has 1 aromatic carbocycles. The van der Waals surface area contributed by atoms with Crippen molar-refractivity contribution in [2.75, 3.05) is 0 Å². The van der Waals surface area contributed by atoms with E-state index in [2.05, 4.69) is 5.32 Å². The van der Waals surface area contributed by atoms with Gasteiger partial charge < -0.3 is 16.2 Å². The Morgan fingerprint density at radius 2 is 1.94 bits per heavy atom. The molecule has 1 amide bonds. The number of nitrogens with two attached hydrogens (primary N) is 1. The number of rotatable bonds is 6. The minimum Gasteiger partial charge on any atom is -0.480 e. The van der Waals surface area contributed by atoms with Crippen LogP contribution in [-0.4, -0.2) is 29.1 Å². The largest absolute Gasteiger partial charge is 0.480 e. The van der Waals surface area contributed by atoms with E-state index < -0.39 is 24.0 Å². The molecule has 5 nitrogen and oxygen atoms in total. The molecule has 0 heterocycles. The molecule has 0 radical (unpaired) electrons. The summed E-state index contributed by atoms with van der Waals surface area (Å²) in [7, 11) is 0. The number of hydrogen-bond acceptors (Lipinski definition) is 3. The van der Waals surface area contributed by atoms with Crippen molar-refractivity contribution in [1.82, 2.24) is 5.32 Å². The van der Waals surface area contributed by atoms with E-state index in [1.807, 2.05) is 30.3 Å². The van der Waals surface area contributed by atoms with Gasteiger partial charge in [-0.05, 0) is 25.3 Å². The lowest BCUT2D eigenvalue weighted by molar-refractivity contribution is -0.142. The monoisotopic (exact) mass is 250 g/mol. The predicted molar refractivity (Wildman–Crippen MR) is 68.0 cm³/mol. The number of amides is 1. The first-order valence-electron chi connectivity index (χ1n) is 5.83. The Kier molecular flexibility index (Phi) is 5.32. The highest BCUT2D eigenvalue weighted by Crippen LogP contribution is 2.05. The van der Waals surface area contributed by atoms with Gasteiger partial charge in [0.15, 0.2) is 0 Å². The van der Waals surface area contributed by atoms with Gasteiger partial charge in [0, 0.05) is 0 Å². The molecule has 0 aliphatic rings. The van der Waals surface area contributed by atoms with Crippen LogP contribution in [0.4, 0.5) is 0 Å². The van der Waals surface area contributed by atoms with Gasteiger partial charge in [0.1, 0.15) is 6.04 Å². The van der Waals surface area contributed by atoms with Crippen molar-refractivity contribution in [3.63, 3.8) is 0 Å². The van der Waals surface area contributed by atoms with E-state index >= 15 is 0 Å². The molecule has 1 aromatic rings. The molecule has 98 valence electrons. The molecule has 1 rings (SSSR count). The quantitative estimate of drug-likeness (QED) is 0.687. The average Bonchev–Trinajstić information content (AvgIpc) is 2.34. The highest BCUT2D eigenvalue weighted by atomic mass is 16.4. The van der Waals surface area contributed by atoms with Crippen LogP contribution >= 0.6 is 0 Å². The first-order valence-corrected chi connectivity index (χ1v) is 5.83. The third kappa shape index (κ3) is 4.55. The number of benzene rings is 1. The Bertz CT molecular complexity index is 404. The van der Waals surface area contributed by atoms with Crippen LogP contribution < -0.4 is 11.1 Å². The Morgan fingerprint density at radius 3 is 2.44 bits per heavy atom. The van der Waals surface area contributed by atoms with Crippen molar-refractivity contribution in [1.29, 1.82) is 0 Å². The number of carbonyl (C=O) groups is 2. The first-order chi connectivity index (χ1) is 8.50. The minimum absolute atomic E-state index is 0.345. The maximum atomic E-state index is 11.4. The predicted octanol–water partition coefficient (Wildman–Crippen LogP) is 0.536. The van der Waals surface area contributed by atoms with Crippen LogP contribution in [0.15, 0.2) is 30.3 Å². The lowest BCUT2D eigenvalue weighted by Crippen LogP contribution is -2.47. The van der Waals surface area contributed by atoms with E-state index in [-0.39, 0.29) is 0 Å². The van der Waals surface area contributed by atoms with Crippen molar-refractivity contribution in [2.45, 2.75) is 31.8 Å². The molecule has 0 aliphatic carbocycles. The average molecular weight is 250 g/mol. The molecular weight excluding hydrogens is 232 g/mol. The van der Waals surface area contributed by atoms with Gasteiger partial charge in [-0.25, -0.2) is 4.79 Å². The van der Waals surface area contributed by atoms with E-state index in [1.165, 1.54) is 6.92 Å². The number of aryl methyl sites for hydroxylation is 1. The van der Waals surface area contributed by atoms with E-state index in [0.717, 1.165) is 5.56 Å². The summed E-state index contributed by atoms with van der Waals surface area (Å²) in [6, 6.07) is 7.93. The van der Waals surface area contributed by atoms with Crippen molar-refractivity contribution >= 4 is 11.9 Å². The summed E-state index contributed by atoms with van der Waals surface area (Å²) >= 11 is 0. The van der Waals surface area contributed by atoms with E-state index in [1.54, 1.807) is 0 Å². The number of hydrogen-bond donors (Lipinski definition) is 3. The number of aliphatic carboxylic acids is 1. The van der Waals surface area contributed by atoms with Crippen LogP contribution in [-0.2, 0) is 16.0 Å². The van der Waals surface area contributed by atoms with Crippen LogP contribution in [0, 0.1) is 0 Å². The van der Waals surface area contributed by atoms with Crippen molar-refractivity contribution < 1.29 is 14.7 Å². The maximum Gasteiger partial charge on any atom is 0.326 e. The smallest absolute Gasteiger partial charge is 0.326 e. The van der Waals surface area contributed by atoms with Crippen molar-refractivity contribution in [2.24, 2.45) is 5.73 Å². The van der Waals surface area contributed by atoms with Gasteiger partial charge in [0.25, 0.3) is 0 Å². The molecule has 2 atom stereocenters. The summed E-state index contributed by atoms with van der Waals surface area (Å²) in [6.45, 7) is 1.52. The summed E-state index contributed by atoms with van der Waals surface area (Å²) in [5, 5.41) is 11.4. The third-order valence-corrected chi connectivity index (χ3v) is 2.59. The number of carbonyl (C=O) groups excluding carboxylic acids is 1. The lowest BCUT2D eigenvalue weighted by atomic mass is 10.1. The second-order valence-corrected chi connectivity index (χ2v) is 4.21. The molecule has 0 bridgehead atoms. The Balaban J connectivity index is 2.54. The molecule has 18 heavy (non-hydrogen) atoms. The van der Waals surface area contributed by atoms with E-state index in [0.29, 0.717) is 12.8 Å². The molecule has 0 fully saturated rings. The molecule has 0 spiro atoms. The second kappa shape index (κ2) is 6.76. The van der Waals surface area contributed by atoms with Gasteiger partial charge >= 0.3 is 5.97 Å². The fraction of sp³-hybridized carbons (Fsp3) is 0.385. The highest BCUT2D eigenvalue weighted by Gasteiger charge is 2.21. The van der Waals surface area contributed by atoms with Gasteiger partial charge in [-0.1, -0.05) is 30.3 Å². The second-order valence-electron chi connectivity index (χ2n) is 4.21. The topological polar surface area (TPSA) is 92.4 Å². The zero-order valence-electron chi connectivity index (χ0n) is 10.3. The van der Waals surface area contributed by atoms with Gasteiger partial charge in [-0.2, -0.15) is 0 Å². The number of carboxylic acids is 1. The van der Waals surface area contributed by atoms with Crippen LogP contribution in [0.3, 0.4) is 0 Å². The fourth-order valence-electron chi connectivity index (χ4n) is 1.52. The van der Waals surface area contributed by atoms with E-state index in [4.69, 9.17) is 10.8 Å². The van der Waals surface area contributed by atoms with Crippen molar-refractivity contribution in [3.8, 4) is 0 Å². The summed E-state index contributed by atoms with van der Waals surface area (Å²) in [4.78, 5) is 22.4. The van der Waals surface area contributed by atoms with Gasteiger partial charge in [0.05, 0.1) is 6.04 Å². The zero-order valence-corrected chi connectivity index (χ0v) is 10.3. The van der Waals surface area contributed by atoms with E-state index in [9.17, 15) is 9.59 Å². The number of carboxylic acid groups (broad SMARTS) is 1. The van der Waals surface area contributed by atoms with Gasteiger partial charge in [-0.3, -0.25) is 4.79 Å². The Labute approximate surface area is 106 Å². The maximum absolute atomic E-state index is 11.4. The van der Waals surface area contributed by atoms with Crippen molar-refractivity contribution in [3.05, 3.63) is 35.9 Å². The molecule has 0 saturated carbocycles. The molecule has 4 N–H and O–H groups in total. The molecular formula is C13H18N2O3. The summed E-state index contributed by atoms with van der Waals surface area (Å²) in [5.41, 5.74) is 6.43. The lowest BCUT2D eigenvalue weighted by Gasteiger charge is -2.15. The molecule has 0 aliphatic heterocycles. The minimum atomic E-state index is -1.04. The first kappa shape index (κ1) is 14.2. The fourth-order valence-corrected chi connectivity index (χ4v) is 1.52. The molecule has 1 unspecified atom stereocenters. The Morgan fingerprint density at radius 1 is 1.33 bits per heavy atom. The van der Waals surface area contributed by atoms with Crippen LogP contribution in [0.5, 0.6) is 0 Å². The molecule has 0 aromatic heterocycles. The highest BCUT2D eigenvalue weighted by molar-refractivity contribution is 5.86. The molecule has 0 saturated heterocycles.